The number of carbonyl (C=O) groups excluding carboxylic acids is 1. The number of carbonyl (C=O) groups is 1. The van der Waals surface area contributed by atoms with Crippen molar-refractivity contribution in [2.45, 2.75) is 19.0 Å². The fourth-order valence-corrected chi connectivity index (χ4v) is 2.15. The number of rotatable bonds is 3. The van der Waals surface area contributed by atoms with Gasteiger partial charge in [0.1, 0.15) is 11.6 Å². The molecule has 2 aromatic rings. The Balaban J connectivity index is 1.81. The van der Waals surface area contributed by atoms with Gasteiger partial charge in [0.05, 0.1) is 11.5 Å². The molecule has 2 nitrogen and oxygen atoms in total. The predicted octanol–water partition coefficient (Wildman–Crippen LogP) is 4.83. The molecular weight excluding hydrogens is 312 g/mol. The Labute approximate surface area is 129 Å². The topological polar surface area (TPSA) is 26.3 Å². The van der Waals surface area contributed by atoms with Crippen LogP contribution in [-0.4, -0.2) is 5.97 Å². The van der Waals surface area contributed by atoms with Crippen molar-refractivity contribution in [1.29, 1.82) is 0 Å². The average Bonchev–Trinajstić information content (AvgIpc) is 3.31. The molecule has 0 atom stereocenters. The van der Waals surface area contributed by atoms with E-state index in [1.165, 1.54) is 24.3 Å². The van der Waals surface area contributed by atoms with Crippen LogP contribution < -0.4 is 4.74 Å². The van der Waals surface area contributed by atoms with Crippen molar-refractivity contribution in [3.05, 3.63) is 53.8 Å². The lowest BCUT2D eigenvalue weighted by atomic mass is 10.0. The highest BCUT2D eigenvalue weighted by atomic mass is 19.4. The summed E-state index contributed by atoms with van der Waals surface area (Å²) in [6.07, 6.45) is -2.87. The molecule has 1 fully saturated rings. The largest absolute Gasteiger partial charge is 0.426 e. The molecule has 0 amide bonds. The molecule has 0 spiro atoms. The van der Waals surface area contributed by atoms with Crippen LogP contribution >= 0.6 is 0 Å². The minimum Gasteiger partial charge on any atom is -0.426 e. The summed E-state index contributed by atoms with van der Waals surface area (Å²) in [6, 6.07) is 8.08. The average molecular weight is 324 g/mol. The number of halogens is 4. The minimum absolute atomic E-state index is 0.0926. The van der Waals surface area contributed by atoms with Crippen molar-refractivity contribution in [2.75, 3.05) is 0 Å². The monoisotopic (exact) mass is 324 g/mol. The van der Waals surface area contributed by atoms with Crippen molar-refractivity contribution in [2.24, 2.45) is 5.92 Å². The maximum atomic E-state index is 14.1. The molecule has 0 saturated heterocycles. The SMILES string of the molecule is O=C(Oc1ccc(-c2ccc(C(F)(F)F)cc2)c(F)c1)C1CC1. The zero-order valence-electron chi connectivity index (χ0n) is 11.9. The van der Waals surface area contributed by atoms with Gasteiger partial charge in [-0.1, -0.05) is 12.1 Å². The van der Waals surface area contributed by atoms with Crippen LogP contribution in [0.25, 0.3) is 11.1 Å². The molecule has 0 bridgehead atoms. The number of esters is 1. The second kappa shape index (κ2) is 5.68. The van der Waals surface area contributed by atoms with E-state index in [-0.39, 0.29) is 23.2 Å². The lowest BCUT2D eigenvalue weighted by Gasteiger charge is -2.09. The van der Waals surface area contributed by atoms with Crippen LogP contribution in [-0.2, 0) is 11.0 Å². The van der Waals surface area contributed by atoms with Crippen molar-refractivity contribution >= 4 is 5.97 Å². The highest BCUT2D eigenvalue weighted by Crippen LogP contribution is 2.33. The first-order valence-corrected chi connectivity index (χ1v) is 7.03. The van der Waals surface area contributed by atoms with Crippen molar-refractivity contribution in [3.8, 4) is 16.9 Å². The maximum Gasteiger partial charge on any atom is 0.416 e. The molecule has 1 aliphatic carbocycles. The van der Waals surface area contributed by atoms with Gasteiger partial charge in [0.25, 0.3) is 0 Å². The molecule has 0 radical (unpaired) electrons. The van der Waals surface area contributed by atoms with Gasteiger partial charge in [0, 0.05) is 11.6 Å². The van der Waals surface area contributed by atoms with E-state index < -0.39 is 17.6 Å². The molecule has 2 aromatic carbocycles. The molecule has 0 unspecified atom stereocenters. The molecule has 23 heavy (non-hydrogen) atoms. The Hall–Kier alpha value is -2.37. The van der Waals surface area contributed by atoms with Gasteiger partial charge in [-0.2, -0.15) is 13.2 Å². The van der Waals surface area contributed by atoms with Crippen LogP contribution in [0.15, 0.2) is 42.5 Å². The van der Waals surface area contributed by atoms with Crippen LogP contribution in [0.2, 0.25) is 0 Å². The first kappa shape index (κ1) is 15.5. The predicted molar refractivity (Wildman–Crippen MR) is 75.2 cm³/mol. The molecule has 120 valence electrons. The van der Waals surface area contributed by atoms with E-state index in [1.807, 2.05) is 0 Å². The third-order valence-electron chi connectivity index (χ3n) is 3.59. The Morgan fingerprint density at radius 1 is 1.04 bits per heavy atom. The second-order valence-electron chi connectivity index (χ2n) is 5.41. The summed E-state index contributed by atoms with van der Waals surface area (Å²) in [7, 11) is 0. The van der Waals surface area contributed by atoms with E-state index in [0.717, 1.165) is 31.0 Å². The molecule has 0 heterocycles. The summed E-state index contributed by atoms with van der Waals surface area (Å²) >= 11 is 0. The summed E-state index contributed by atoms with van der Waals surface area (Å²) < 4.78 is 56.7. The fraction of sp³-hybridized carbons (Fsp3) is 0.235. The van der Waals surface area contributed by atoms with Crippen LogP contribution in [0.3, 0.4) is 0 Å². The Kier molecular flexibility index (Phi) is 3.83. The van der Waals surface area contributed by atoms with Gasteiger partial charge in [0.15, 0.2) is 0 Å². The summed E-state index contributed by atoms with van der Waals surface area (Å²) in [4.78, 5) is 11.5. The lowest BCUT2D eigenvalue weighted by Crippen LogP contribution is -2.09. The smallest absolute Gasteiger partial charge is 0.416 e. The Morgan fingerprint density at radius 2 is 1.70 bits per heavy atom. The molecule has 0 aromatic heterocycles. The molecule has 1 saturated carbocycles. The summed E-state index contributed by atoms with van der Waals surface area (Å²) in [5.41, 5.74) is -0.336. The molecule has 1 aliphatic rings. The molecular formula is C17H12F4O2. The zero-order chi connectivity index (χ0) is 16.6. The molecule has 3 rings (SSSR count). The molecule has 0 aliphatic heterocycles. The Morgan fingerprint density at radius 3 is 2.22 bits per heavy atom. The first-order valence-electron chi connectivity index (χ1n) is 7.03. The highest BCUT2D eigenvalue weighted by Gasteiger charge is 2.32. The fourth-order valence-electron chi connectivity index (χ4n) is 2.15. The summed E-state index contributed by atoms with van der Waals surface area (Å²) in [6.45, 7) is 0. The van der Waals surface area contributed by atoms with E-state index >= 15 is 0 Å². The van der Waals surface area contributed by atoms with Crippen molar-refractivity contribution in [1.82, 2.24) is 0 Å². The van der Waals surface area contributed by atoms with Gasteiger partial charge in [-0.3, -0.25) is 4.79 Å². The van der Waals surface area contributed by atoms with Crippen molar-refractivity contribution < 1.29 is 27.1 Å². The summed E-state index contributed by atoms with van der Waals surface area (Å²) in [5.74, 6) is -1.06. The van der Waals surface area contributed by atoms with Gasteiger partial charge in [-0.25, -0.2) is 4.39 Å². The quantitative estimate of drug-likeness (QED) is 0.459. The third kappa shape index (κ3) is 3.52. The van der Waals surface area contributed by atoms with E-state index in [9.17, 15) is 22.4 Å². The lowest BCUT2D eigenvalue weighted by molar-refractivity contribution is -0.137. The van der Waals surface area contributed by atoms with Gasteiger partial charge in [0.2, 0.25) is 0 Å². The summed E-state index contributed by atoms with van der Waals surface area (Å²) in [5, 5.41) is 0. The van der Waals surface area contributed by atoms with Crippen LogP contribution in [0, 0.1) is 11.7 Å². The Bertz CT molecular complexity index is 731. The minimum atomic E-state index is -4.43. The van der Waals surface area contributed by atoms with Gasteiger partial charge in [-0.05, 0) is 42.7 Å². The molecule has 0 N–H and O–H groups in total. The zero-order valence-corrected chi connectivity index (χ0v) is 11.9. The first-order chi connectivity index (χ1) is 10.8. The highest BCUT2D eigenvalue weighted by molar-refractivity contribution is 5.77. The second-order valence-corrected chi connectivity index (χ2v) is 5.41. The van der Waals surface area contributed by atoms with Crippen molar-refractivity contribution in [3.63, 3.8) is 0 Å². The third-order valence-corrected chi connectivity index (χ3v) is 3.59. The van der Waals surface area contributed by atoms with E-state index in [0.29, 0.717) is 5.56 Å². The normalized spacial score (nSPS) is 14.6. The number of alkyl halides is 3. The van der Waals surface area contributed by atoms with Crippen LogP contribution in [0.5, 0.6) is 5.75 Å². The van der Waals surface area contributed by atoms with Gasteiger partial charge >= 0.3 is 12.1 Å². The van der Waals surface area contributed by atoms with Crippen LogP contribution in [0.4, 0.5) is 17.6 Å². The van der Waals surface area contributed by atoms with Gasteiger partial charge < -0.3 is 4.74 Å². The van der Waals surface area contributed by atoms with E-state index in [1.54, 1.807) is 0 Å². The van der Waals surface area contributed by atoms with Gasteiger partial charge in [-0.15, -0.1) is 0 Å². The number of benzene rings is 2. The number of ether oxygens (including phenoxy) is 1. The number of hydrogen-bond donors (Lipinski definition) is 0. The van der Waals surface area contributed by atoms with E-state index in [2.05, 4.69) is 0 Å². The maximum absolute atomic E-state index is 14.1. The molecule has 6 heteroatoms. The standard InChI is InChI=1S/C17H12F4O2/c18-15-9-13(23-16(22)11-1-2-11)7-8-14(15)10-3-5-12(6-4-10)17(19,20)21/h3-9,11H,1-2H2. The van der Waals surface area contributed by atoms with E-state index in [4.69, 9.17) is 4.74 Å². The number of hydrogen-bond acceptors (Lipinski definition) is 2. The van der Waals surface area contributed by atoms with Crippen LogP contribution in [0.1, 0.15) is 18.4 Å².